The van der Waals surface area contributed by atoms with Crippen molar-refractivity contribution in [3.8, 4) is 5.75 Å². The number of fused-ring (bicyclic) bond motifs is 1. The Hall–Kier alpha value is -4.90. The number of hydrogen-bond acceptors (Lipinski definition) is 7. The van der Waals surface area contributed by atoms with Gasteiger partial charge in [-0.25, -0.2) is 9.79 Å². The molecule has 1 saturated heterocycles. The standard InChI is InChI=1S/C38H50N8O3/c1-25-11-13-27(14-12-25)43-35(23-33(39)38(3,4)5)44-37(47)42-26(2)29-16-17-32(31-10-7-6-9-30(29)31)49-28-15-18-34(40)46(24-28)36(41)45-19-8-21-48-22-20-45/h6-7,9-15,18,23-24,26,29,32,40-41H,8,16-17,19-22H2,1-5H3,(H4,39,42,43,44,47)/p+1/t26-,29?,32?/m0/s1. The number of nitrogen functional groups attached to an aromatic ring is 1. The molecule has 0 spiro atoms. The summed E-state index contributed by atoms with van der Waals surface area (Å²) >= 11 is 0. The summed E-state index contributed by atoms with van der Waals surface area (Å²) in [4.78, 5) is 20.1. The minimum Gasteiger partial charge on any atom is -0.483 e. The van der Waals surface area contributed by atoms with Crippen LogP contribution >= 0.6 is 0 Å². The minimum absolute atomic E-state index is 0.0734. The van der Waals surface area contributed by atoms with Crippen LogP contribution in [-0.4, -0.2) is 55.1 Å². The van der Waals surface area contributed by atoms with Gasteiger partial charge in [-0.05, 0) is 62.4 Å². The van der Waals surface area contributed by atoms with E-state index in [0.717, 1.165) is 48.2 Å². The summed E-state index contributed by atoms with van der Waals surface area (Å²) in [5.74, 6) is 1.85. The van der Waals surface area contributed by atoms with Crippen LogP contribution in [0.5, 0.6) is 5.75 Å². The van der Waals surface area contributed by atoms with Crippen LogP contribution in [0.3, 0.4) is 0 Å². The van der Waals surface area contributed by atoms with Crippen molar-refractivity contribution in [3.63, 3.8) is 0 Å². The number of ether oxygens (including phenoxy) is 2. The summed E-state index contributed by atoms with van der Waals surface area (Å²) in [6.45, 7) is 12.8. The number of rotatable bonds is 6. The van der Waals surface area contributed by atoms with E-state index in [1.807, 2.05) is 82.0 Å². The van der Waals surface area contributed by atoms with Gasteiger partial charge in [-0.3, -0.25) is 10.2 Å². The van der Waals surface area contributed by atoms with Crippen molar-refractivity contribution in [3.05, 3.63) is 95.3 Å². The summed E-state index contributed by atoms with van der Waals surface area (Å²) in [5, 5.41) is 14.9. The maximum Gasteiger partial charge on any atom is 0.346 e. The molecule has 2 amide bonds. The number of amidine groups is 1. The molecule has 1 aliphatic heterocycles. The van der Waals surface area contributed by atoms with Crippen LogP contribution in [-0.2, 0) is 4.74 Å². The van der Waals surface area contributed by atoms with E-state index < -0.39 is 0 Å². The number of anilines is 1. The largest absolute Gasteiger partial charge is 0.483 e. The van der Waals surface area contributed by atoms with E-state index in [-0.39, 0.29) is 29.5 Å². The van der Waals surface area contributed by atoms with E-state index in [2.05, 4.69) is 22.8 Å². The Bertz CT molecular complexity index is 1690. The molecule has 1 aliphatic carbocycles. The number of benzene rings is 2. The molecule has 0 radical (unpaired) electrons. The Kier molecular flexibility index (Phi) is 11.2. The lowest BCUT2D eigenvalue weighted by molar-refractivity contribution is -0.551. The van der Waals surface area contributed by atoms with Crippen molar-refractivity contribution in [2.75, 3.05) is 32.0 Å². The lowest BCUT2D eigenvalue weighted by Crippen LogP contribution is -2.54. The van der Waals surface area contributed by atoms with Crippen molar-refractivity contribution in [2.24, 2.45) is 16.1 Å². The van der Waals surface area contributed by atoms with E-state index >= 15 is 0 Å². The van der Waals surface area contributed by atoms with Crippen molar-refractivity contribution >= 4 is 29.3 Å². The molecule has 0 bridgehead atoms. The molecule has 3 atom stereocenters. The topological polar surface area (TPSA) is 155 Å². The van der Waals surface area contributed by atoms with Crippen LogP contribution in [0.2, 0.25) is 0 Å². The fraction of sp³-hybridized carbons (Fsp3) is 0.421. The van der Waals surface area contributed by atoms with Gasteiger partial charge in [-0.2, -0.15) is 9.98 Å². The third-order valence-electron chi connectivity index (χ3n) is 9.11. The molecule has 2 aromatic carbocycles. The number of aromatic nitrogens is 1. The predicted octanol–water partition coefficient (Wildman–Crippen LogP) is 5.67. The molecule has 1 fully saturated rings. The summed E-state index contributed by atoms with van der Waals surface area (Å²) < 4.78 is 13.8. The van der Waals surface area contributed by atoms with Crippen LogP contribution < -0.4 is 31.4 Å². The van der Waals surface area contributed by atoms with E-state index in [1.54, 1.807) is 22.9 Å². The zero-order chi connectivity index (χ0) is 35.1. The molecule has 0 saturated carbocycles. The number of allylic oxidation sites excluding steroid dienone is 1. The molecule has 11 nitrogen and oxygen atoms in total. The SMILES string of the molecule is Cc1ccc(N=C(C=C(N)C(C)(C)C)NC(=O)N[C@@H](C)C2CCC(Oc3ccc(N)[n+](C(=N)N4CCCOCC4)c3)c3ccccc32)cc1. The zero-order valence-electron chi connectivity index (χ0n) is 29.3. The Morgan fingerprint density at radius 1 is 1.08 bits per heavy atom. The molecular formula is C38H51N8O3+. The highest BCUT2D eigenvalue weighted by molar-refractivity contribution is 6.05. The number of carbonyl (C=O) groups excluding carboxylic acids is 1. The summed E-state index contributed by atoms with van der Waals surface area (Å²) in [6.07, 6.45) is 5.76. The lowest BCUT2D eigenvalue weighted by Gasteiger charge is -2.35. The fourth-order valence-corrected chi connectivity index (χ4v) is 6.12. The van der Waals surface area contributed by atoms with Crippen LogP contribution in [0, 0.1) is 17.7 Å². The highest BCUT2D eigenvalue weighted by Crippen LogP contribution is 2.41. The molecule has 11 heteroatoms. The molecule has 7 N–H and O–H groups in total. The Morgan fingerprint density at radius 2 is 1.82 bits per heavy atom. The first kappa shape index (κ1) is 35.4. The molecule has 260 valence electrons. The molecule has 1 aromatic heterocycles. The molecule has 2 aliphatic rings. The summed E-state index contributed by atoms with van der Waals surface area (Å²) in [5.41, 5.74) is 17.1. The number of aryl methyl sites for hydroxylation is 1. The maximum absolute atomic E-state index is 13.4. The van der Waals surface area contributed by atoms with Gasteiger partial charge in [0.05, 0.1) is 25.4 Å². The zero-order valence-corrected chi connectivity index (χ0v) is 29.3. The number of urea groups is 1. The third-order valence-corrected chi connectivity index (χ3v) is 9.11. The van der Waals surface area contributed by atoms with Gasteiger partial charge in [0, 0.05) is 41.8 Å². The van der Waals surface area contributed by atoms with Gasteiger partial charge in [0.2, 0.25) is 0 Å². The van der Waals surface area contributed by atoms with E-state index in [9.17, 15) is 4.79 Å². The van der Waals surface area contributed by atoms with E-state index in [1.165, 1.54) is 0 Å². The van der Waals surface area contributed by atoms with Gasteiger partial charge in [0.1, 0.15) is 23.9 Å². The average Bonchev–Trinajstić information content (AvgIpc) is 3.36. The number of carbonyl (C=O) groups is 1. The smallest absolute Gasteiger partial charge is 0.346 e. The van der Waals surface area contributed by atoms with Gasteiger partial charge in [-0.1, -0.05) is 62.7 Å². The number of hydrogen-bond donors (Lipinski definition) is 5. The van der Waals surface area contributed by atoms with Crippen molar-refractivity contribution < 1.29 is 18.8 Å². The van der Waals surface area contributed by atoms with Crippen LogP contribution in [0.15, 0.2) is 83.6 Å². The van der Waals surface area contributed by atoms with Gasteiger partial charge < -0.3 is 26.3 Å². The molecule has 2 heterocycles. The number of nitrogens with zero attached hydrogens (tertiary/aromatic N) is 3. The van der Waals surface area contributed by atoms with Crippen LogP contribution in [0.4, 0.5) is 16.3 Å². The summed E-state index contributed by atoms with van der Waals surface area (Å²) in [7, 11) is 0. The van der Waals surface area contributed by atoms with Crippen LogP contribution in [0.1, 0.15) is 75.7 Å². The van der Waals surface area contributed by atoms with E-state index in [4.69, 9.17) is 31.3 Å². The minimum atomic E-state index is -0.350. The second kappa shape index (κ2) is 15.5. The second-order valence-electron chi connectivity index (χ2n) is 13.9. The first-order chi connectivity index (χ1) is 23.4. The molecule has 5 rings (SSSR count). The Balaban J connectivity index is 1.29. The predicted molar refractivity (Wildman–Crippen MR) is 194 cm³/mol. The van der Waals surface area contributed by atoms with Crippen LogP contribution in [0.25, 0.3) is 0 Å². The highest BCUT2D eigenvalue weighted by Gasteiger charge is 2.33. The molecule has 3 aromatic rings. The first-order valence-corrected chi connectivity index (χ1v) is 17.1. The van der Waals surface area contributed by atoms with Crippen molar-refractivity contribution in [1.29, 1.82) is 5.41 Å². The lowest BCUT2D eigenvalue weighted by atomic mass is 9.78. The van der Waals surface area contributed by atoms with E-state index in [0.29, 0.717) is 48.8 Å². The van der Waals surface area contributed by atoms with Crippen molar-refractivity contribution in [1.82, 2.24) is 15.5 Å². The second-order valence-corrected chi connectivity index (χ2v) is 13.9. The number of aliphatic imine (C=N–C) groups is 1. The first-order valence-electron chi connectivity index (χ1n) is 17.1. The number of pyridine rings is 1. The maximum atomic E-state index is 13.4. The molecule has 2 unspecified atom stereocenters. The number of amides is 2. The quantitative estimate of drug-likeness (QED) is 0.130. The molecule has 49 heavy (non-hydrogen) atoms. The molecular weight excluding hydrogens is 616 g/mol. The van der Waals surface area contributed by atoms with Gasteiger partial charge in [0.15, 0.2) is 5.82 Å². The highest BCUT2D eigenvalue weighted by atomic mass is 16.5. The normalized spacial score (nSPS) is 19.3. The van der Waals surface area contributed by atoms with Gasteiger partial charge in [-0.15, -0.1) is 0 Å². The fourth-order valence-electron chi connectivity index (χ4n) is 6.12. The Morgan fingerprint density at radius 3 is 2.55 bits per heavy atom. The summed E-state index contributed by atoms with van der Waals surface area (Å²) in [6, 6.07) is 19.1. The Labute approximate surface area is 289 Å². The average molecular weight is 668 g/mol. The van der Waals surface area contributed by atoms with Gasteiger partial charge in [0.25, 0.3) is 0 Å². The monoisotopic (exact) mass is 667 g/mol. The number of nitrogens with one attached hydrogen (secondary N) is 3. The van der Waals surface area contributed by atoms with Crippen molar-refractivity contribution in [2.45, 2.75) is 71.9 Å². The number of nitrogens with two attached hydrogens (primary N) is 2. The third kappa shape index (κ3) is 9.17. The van der Waals surface area contributed by atoms with Gasteiger partial charge >= 0.3 is 12.0 Å².